The van der Waals surface area contributed by atoms with Gasteiger partial charge in [-0.15, -0.1) is 6.58 Å². The summed E-state index contributed by atoms with van der Waals surface area (Å²) in [6.45, 7) is 9.83. The molecular formula is C12H22N2O. The van der Waals surface area contributed by atoms with Crippen molar-refractivity contribution in [2.75, 3.05) is 39.3 Å². The van der Waals surface area contributed by atoms with E-state index in [9.17, 15) is 0 Å². The van der Waals surface area contributed by atoms with Gasteiger partial charge >= 0.3 is 0 Å². The van der Waals surface area contributed by atoms with Gasteiger partial charge in [-0.2, -0.15) is 0 Å². The van der Waals surface area contributed by atoms with E-state index >= 15 is 0 Å². The topological polar surface area (TPSA) is 26.7 Å². The van der Waals surface area contributed by atoms with Crippen molar-refractivity contribution in [1.29, 1.82) is 0 Å². The second-order valence-electron chi connectivity index (χ2n) is 4.82. The molecule has 0 saturated carbocycles. The number of hydrogen-bond donors (Lipinski definition) is 1. The third-order valence-corrected chi connectivity index (χ3v) is 3.73. The normalized spacial score (nSPS) is 33.7. The third kappa shape index (κ3) is 2.60. The zero-order valence-corrected chi connectivity index (χ0v) is 9.44. The molecule has 0 aromatic rings. The zero-order valence-electron chi connectivity index (χ0n) is 9.44. The van der Waals surface area contributed by atoms with Crippen molar-refractivity contribution in [1.82, 2.24) is 9.80 Å². The van der Waals surface area contributed by atoms with Crippen LogP contribution in [0, 0.1) is 5.92 Å². The monoisotopic (exact) mass is 210 g/mol. The van der Waals surface area contributed by atoms with Gasteiger partial charge in [0.1, 0.15) is 0 Å². The standard InChI is InChI=1S/C12H22N2O/c1-2-5-13-6-4-12(9-13)14-7-3-11(8-14)10-15/h2,11-12,15H,1,3-10H2. The first-order valence-electron chi connectivity index (χ1n) is 6.01. The minimum Gasteiger partial charge on any atom is -0.396 e. The molecule has 2 atom stereocenters. The molecule has 3 heteroatoms. The lowest BCUT2D eigenvalue weighted by molar-refractivity contribution is 0.197. The minimum atomic E-state index is 0.361. The highest BCUT2D eigenvalue weighted by atomic mass is 16.3. The Bertz CT molecular complexity index is 220. The van der Waals surface area contributed by atoms with Gasteiger partial charge in [0.05, 0.1) is 0 Å². The van der Waals surface area contributed by atoms with E-state index in [0.29, 0.717) is 12.5 Å². The smallest absolute Gasteiger partial charge is 0.0471 e. The summed E-state index contributed by atoms with van der Waals surface area (Å²) < 4.78 is 0. The van der Waals surface area contributed by atoms with Gasteiger partial charge in [0.2, 0.25) is 0 Å². The van der Waals surface area contributed by atoms with Crippen LogP contribution in [-0.2, 0) is 0 Å². The number of aliphatic hydroxyl groups is 1. The predicted octanol–water partition coefficient (Wildman–Crippen LogP) is 0.561. The minimum absolute atomic E-state index is 0.361. The Kier molecular flexibility index (Phi) is 3.78. The van der Waals surface area contributed by atoms with Crippen LogP contribution < -0.4 is 0 Å². The summed E-state index contributed by atoms with van der Waals surface area (Å²) >= 11 is 0. The fourth-order valence-electron chi connectivity index (χ4n) is 2.80. The summed E-state index contributed by atoms with van der Waals surface area (Å²) in [6.07, 6.45) is 4.45. The lowest BCUT2D eigenvalue weighted by atomic mass is 10.1. The average molecular weight is 210 g/mol. The first-order chi connectivity index (χ1) is 7.33. The summed E-state index contributed by atoms with van der Waals surface area (Å²) in [5, 5.41) is 9.11. The van der Waals surface area contributed by atoms with Crippen LogP contribution in [0.4, 0.5) is 0 Å². The van der Waals surface area contributed by atoms with Gasteiger partial charge in [-0.1, -0.05) is 6.08 Å². The highest BCUT2D eigenvalue weighted by Gasteiger charge is 2.31. The Morgan fingerprint density at radius 2 is 2.13 bits per heavy atom. The maximum Gasteiger partial charge on any atom is 0.0471 e. The Labute approximate surface area is 92.4 Å². The molecule has 2 saturated heterocycles. The van der Waals surface area contributed by atoms with Gasteiger partial charge in [0, 0.05) is 38.8 Å². The van der Waals surface area contributed by atoms with Crippen molar-refractivity contribution >= 4 is 0 Å². The van der Waals surface area contributed by atoms with Gasteiger partial charge in [-0.3, -0.25) is 9.80 Å². The maximum absolute atomic E-state index is 9.11. The zero-order chi connectivity index (χ0) is 10.7. The molecule has 2 aliphatic heterocycles. The summed E-state index contributed by atoms with van der Waals surface area (Å²) in [7, 11) is 0. The highest BCUT2D eigenvalue weighted by molar-refractivity contribution is 4.89. The highest BCUT2D eigenvalue weighted by Crippen LogP contribution is 2.23. The van der Waals surface area contributed by atoms with Crippen LogP contribution >= 0.6 is 0 Å². The van der Waals surface area contributed by atoms with E-state index in [1.54, 1.807) is 0 Å². The Morgan fingerprint density at radius 1 is 1.27 bits per heavy atom. The van der Waals surface area contributed by atoms with Crippen molar-refractivity contribution in [3.8, 4) is 0 Å². The molecule has 86 valence electrons. The molecule has 0 aromatic carbocycles. The van der Waals surface area contributed by atoms with E-state index in [-0.39, 0.29) is 0 Å². The van der Waals surface area contributed by atoms with Crippen LogP contribution in [-0.4, -0.2) is 60.3 Å². The molecule has 0 aromatic heterocycles. The van der Waals surface area contributed by atoms with Gasteiger partial charge < -0.3 is 5.11 Å². The molecule has 0 spiro atoms. The summed E-state index contributed by atoms with van der Waals surface area (Å²) in [4.78, 5) is 5.02. The third-order valence-electron chi connectivity index (χ3n) is 3.73. The number of likely N-dealkylation sites (tertiary alicyclic amines) is 2. The van der Waals surface area contributed by atoms with Crippen molar-refractivity contribution in [2.45, 2.75) is 18.9 Å². The van der Waals surface area contributed by atoms with Crippen LogP contribution in [0.25, 0.3) is 0 Å². The van der Waals surface area contributed by atoms with Crippen LogP contribution in [0.15, 0.2) is 12.7 Å². The van der Waals surface area contributed by atoms with E-state index < -0.39 is 0 Å². The molecule has 0 amide bonds. The summed E-state index contributed by atoms with van der Waals surface area (Å²) in [5.74, 6) is 0.526. The Hall–Kier alpha value is -0.380. The fraction of sp³-hybridized carbons (Fsp3) is 0.833. The maximum atomic E-state index is 9.11. The quantitative estimate of drug-likeness (QED) is 0.687. The predicted molar refractivity (Wildman–Crippen MR) is 61.8 cm³/mol. The second kappa shape index (κ2) is 5.10. The van der Waals surface area contributed by atoms with Crippen molar-refractivity contribution < 1.29 is 5.11 Å². The van der Waals surface area contributed by atoms with Crippen molar-refractivity contribution in [3.63, 3.8) is 0 Å². The lowest BCUT2D eigenvalue weighted by Crippen LogP contribution is -2.36. The number of hydrogen-bond acceptors (Lipinski definition) is 3. The summed E-state index contributed by atoms with van der Waals surface area (Å²) in [5.41, 5.74) is 0. The van der Waals surface area contributed by atoms with Gasteiger partial charge in [0.15, 0.2) is 0 Å². The molecule has 2 heterocycles. The molecule has 2 unspecified atom stereocenters. The van der Waals surface area contributed by atoms with E-state index in [2.05, 4.69) is 16.4 Å². The van der Waals surface area contributed by atoms with E-state index in [1.165, 1.54) is 32.5 Å². The average Bonchev–Trinajstić information content (AvgIpc) is 2.85. The van der Waals surface area contributed by atoms with E-state index in [1.807, 2.05) is 6.08 Å². The molecule has 0 bridgehead atoms. The van der Waals surface area contributed by atoms with E-state index in [0.717, 1.165) is 19.1 Å². The molecule has 2 aliphatic rings. The molecule has 2 fully saturated rings. The van der Waals surface area contributed by atoms with Crippen LogP contribution in [0.2, 0.25) is 0 Å². The first-order valence-corrected chi connectivity index (χ1v) is 6.01. The summed E-state index contributed by atoms with van der Waals surface area (Å²) in [6, 6.07) is 0.724. The van der Waals surface area contributed by atoms with Crippen LogP contribution in [0.1, 0.15) is 12.8 Å². The molecular weight excluding hydrogens is 188 g/mol. The van der Waals surface area contributed by atoms with Crippen molar-refractivity contribution in [2.24, 2.45) is 5.92 Å². The Balaban J connectivity index is 1.78. The SMILES string of the molecule is C=CCN1CCC(N2CCC(CO)C2)C1. The lowest BCUT2D eigenvalue weighted by Gasteiger charge is -2.24. The van der Waals surface area contributed by atoms with Crippen LogP contribution in [0.5, 0.6) is 0 Å². The number of nitrogens with zero attached hydrogens (tertiary/aromatic N) is 2. The molecule has 0 radical (unpaired) electrons. The first kappa shape index (κ1) is 11.1. The number of rotatable bonds is 4. The molecule has 1 N–H and O–H groups in total. The number of aliphatic hydroxyl groups excluding tert-OH is 1. The van der Waals surface area contributed by atoms with Gasteiger partial charge in [0.25, 0.3) is 0 Å². The molecule has 0 aliphatic carbocycles. The molecule has 2 rings (SSSR count). The second-order valence-corrected chi connectivity index (χ2v) is 4.82. The van der Waals surface area contributed by atoms with Gasteiger partial charge in [-0.25, -0.2) is 0 Å². The molecule has 15 heavy (non-hydrogen) atoms. The Morgan fingerprint density at radius 3 is 2.80 bits per heavy atom. The molecule has 3 nitrogen and oxygen atoms in total. The largest absolute Gasteiger partial charge is 0.396 e. The fourth-order valence-corrected chi connectivity index (χ4v) is 2.80. The van der Waals surface area contributed by atoms with Crippen molar-refractivity contribution in [3.05, 3.63) is 12.7 Å². The van der Waals surface area contributed by atoms with E-state index in [4.69, 9.17) is 5.11 Å². The van der Waals surface area contributed by atoms with Gasteiger partial charge in [-0.05, 0) is 25.3 Å². The van der Waals surface area contributed by atoms with Crippen LogP contribution in [0.3, 0.4) is 0 Å².